The molecule has 1 aromatic rings. The van der Waals surface area contributed by atoms with Crippen molar-refractivity contribution in [2.75, 3.05) is 26.0 Å². The van der Waals surface area contributed by atoms with Crippen LogP contribution in [0.15, 0.2) is 18.2 Å². The van der Waals surface area contributed by atoms with Gasteiger partial charge in [0.15, 0.2) is 0 Å². The molecule has 0 fully saturated rings. The van der Waals surface area contributed by atoms with Crippen LogP contribution in [0.2, 0.25) is 0 Å². The van der Waals surface area contributed by atoms with Crippen LogP contribution in [0.25, 0.3) is 0 Å². The summed E-state index contributed by atoms with van der Waals surface area (Å²) >= 11 is 0. The van der Waals surface area contributed by atoms with Gasteiger partial charge in [-0.25, -0.2) is 4.39 Å². The Bertz CT molecular complexity index is 383. The minimum Gasteiger partial charge on any atom is -0.497 e. The molecule has 0 unspecified atom stereocenters. The second kappa shape index (κ2) is 6.85. The van der Waals surface area contributed by atoms with Gasteiger partial charge in [0.25, 0.3) is 0 Å². The second-order valence-corrected chi connectivity index (χ2v) is 3.60. The van der Waals surface area contributed by atoms with Gasteiger partial charge in [0, 0.05) is 12.5 Å². The Kier molecular flexibility index (Phi) is 5.42. The first-order chi connectivity index (χ1) is 8.17. The third-order valence-electron chi connectivity index (χ3n) is 2.28. The summed E-state index contributed by atoms with van der Waals surface area (Å²) in [5, 5.41) is 5.46. The Balaban J connectivity index is 2.57. The van der Waals surface area contributed by atoms with Crippen LogP contribution < -0.4 is 15.4 Å². The zero-order valence-corrected chi connectivity index (χ0v) is 10.0. The quantitative estimate of drug-likeness (QED) is 0.745. The number of nitrogens with one attached hydrogen (secondary N) is 2. The lowest BCUT2D eigenvalue weighted by molar-refractivity contribution is -0.116. The highest BCUT2D eigenvalue weighted by molar-refractivity contribution is 5.91. The number of carbonyl (C=O) groups is 1. The number of hydrogen-bond donors (Lipinski definition) is 2. The summed E-state index contributed by atoms with van der Waals surface area (Å²) in [5.74, 6) is -0.155. The standard InChI is InChI=1S/C12H17FN2O2/c1-14-7-3-4-12(16)15-11-8-9(17-2)5-6-10(11)13/h5-6,8,14H,3-4,7H2,1-2H3,(H,15,16). The maximum absolute atomic E-state index is 13.4. The van der Waals surface area contributed by atoms with Crippen molar-refractivity contribution >= 4 is 11.6 Å². The fraction of sp³-hybridized carbons (Fsp3) is 0.417. The Hall–Kier alpha value is -1.62. The first-order valence-electron chi connectivity index (χ1n) is 5.45. The second-order valence-electron chi connectivity index (χ2n) is 3.60. The van der Waals surface area contributed by atoms with Crippen LogP contribution in [0.1, 0.15) is 12.8 Å². The zero-order chi connectivity index (χ0) is 12.7. The minimum atomic E-state index is -0.465. The van der Waals surface area contributed by atoms with E-state index in [1.54, 1.807) is 0 Å². The number of ether oxygens (including phenoxy) is 1. The monoisotopic (exact) mass is 240 g/mol. The molecule has 1 amide bonds. The number of hydrogen-bond acceptors (Lipinski definition) is 3. The maximum Gasteiger partial charge on any atom is 0.224 e. The third-order valence-corrected chi connectivity index (χ3v) is 2.28. The van der Waals surface area contributed by atoms with Crippen molar-refractivity contribution in [3.8, 4) is 5.75 Å². The molecule has 0 heterocycles. The van der Waals surface area contributed by atoms with Crippen LogP contribution in [0, 0.1) is 5.82 Å². The van der Waals surface area contributed by atoms with Crippen molar-refractivity contribution in [2.45, 2.75) is 12.8 Å². The maximum atomic E-state index is 13.4. The highest BCUT2D eigenvalue weighted by Crippen LogP contribution is 2.21. The number of rotatable bonds is 6. The van der Waals surface area contributed by atoms with Crippen LogP contribution in [-0.4, -0.2) is 26.6 Å². The van der Waals surface area contributed by atoms with Crippen LogP contribution >= 0.6 is 0 Å². The molecule has 0 saturated heterocycles. The highest BCUT2D eigenvalue weighted by atomic mass is 19.1. The van der Waals surface area contributed by atoms with E-state index in [4.69, 9.17) is 4.74 Å². The molecule has 4 nitrogen and oxygen atoms in total. The first kappa shape index (κ1) is 13.4. The Morgan fingerprint density at radius 1 is 1.47 bits per heavy atom. The van der Waals surface area contributed by atoms with Crippen molar-refractivity contribution in [1.29, 1.82) is 0 Å². The number of anilines is 1. The predicted molar refractivity (Wildman–Crippen MR) is 64.7 cm³/mol. The molecule has 5 heteroatoms. The molecule has 0 radical (unpaired) electrons. The number of amides is 1. The zero-order valence-electron chi connectivity index (χ0n) is 10.0. The van der Waals surface area contributed by atoms with Gasteiger partial charge < -0.3 is 15.4 Å². The van der Waals surface area contributed by atoms with Crippen molar-refractivity contribution in [2.24, 2.45) is 0 Å². The summed E-state index contributed by atoms with van der Waals surface area (Å²) in [5.41, 5.74) is 0.152. The van der Waals surface area contributed by atoms with Crippen LogP contribution in [0.3, 0.4) is 0 Å². The summed E-state index contributed by atoms with van der Waals surface area (Å²) in [7, 11) is 3.31. The SMILES string of the molecule is CNCCCC(=O)Nc1cc(OC)ccc1F. The Morgan fingerprint density at radius 3 is 2.88 bits per heavy atom. The minimum absolute atomic E-state index is 0.152. The van der Waals surface area contributed by atoms with Crippen LogP contribution in [0.5, 0.6) is 5.75 Å². The molecule has 2 N–H and O–H groups in total. The molecule has 0 aliphatic carbocycles. The largest absolute Gasteiger partial charge is 0.497 e. The van der Waals surface area contributed by atoms with Gasteiger partial charge in [0.05, 0.1) is 12.8 Å². The van der Waals surface area contributed by atoms with Crippen LogP contribution in [0.4, 0.5) is 10.1 Å². The van der Waals surface area contributed by atoms with Crippen molar-refractivity contribution < 1.29 is 13.9 Å². The van der Waals surface area contributed by atoms with Crippen LogP contribution in [-0.2, 0) is 4.79 Å². The van der Waals surface area contributed by atoms with Gasteiger partial charge in [0.1, 0.15) is 11.6 Å². The molecule has 0 aliphatic rings. The lowest BCUT2D eigenvalue weighted by atomic mass is 10.2. The number of halogens is 1. The molecular weight excluding hydrogens is 223 g/mol. The average Bonchev–Trinajstić information content (AvgIpc) is 2.32. The van der Waals surface area contributed by atoms with Crippen molar-refractivity contribution in [3.63, 3.8) is 0 Å². The molecule has 0 atom stereocenters. The molecule has 1 rings (SSSR count). The van der Waals surface area contributed by atoms with Gasteiger partial charge in [-0.05, 0) is 32.1 Å². The van der Waals surface area contributed by atoms with Crippen molar-refractivity contribution in [3.05, 3.63) is 24.0 Å². The van der Waals surface area contributed by atoms with Gasteiger partial charge in [-0.15, -0.1) is 0 Å². The molecule has 0 spiro atoms. The molecule has 0 bridgehead atoms. The van der Waals surface area contributed by atoms with E-state index in [1.807, 2.05) is 7.05 Å². The average molecular weight is 240 g/mol. The normalized spacial score (nSPS) is 10.1. The first-order valence-corrected chi connectivity index (χ1v) is 5.45. The van der Waals surface area contributed by atoms with E-state index < -0.39 is 5.82 Å². The fourth-order valence-electron chi connectivity index (χ4n) is 1.37. The third kappa shape index (κ3) is 4.40. The van der Waals surface area contributed by atoms with Gasteiger partial charge in [-0.2, -0.15) is 0 Å². The number of benzene rings is 1. The van der Waals surface area contributed by atoms with E-state index in [-0.39, 0.29) is 11.6 Å². The van der Waals surface area contributed by atoms with E-state index in [0.717, 1.165) is 6.54 Å². The summed E-state index contributed by atoms with van der Waals surface area (Å²) < 4.78 is 18.3. The lowest BCUT2D eigenvalue weighted by Crippen LogP contribution is -2.15. The van der Waals surface area contributed by atoms with Crippen molar-refractivity contribution in [1.82, 2.24) is 5.32 Å². The van der Waals surface area contributed by atoms with E-state index in [2.05, 4.69) is 10.6 Å². The number of methoxy groups -OCH3 is 1. The van der Waals surface area contributed by atoms with Gasteiger partial charge in [-0.1, -0.05) is 0 Å². The smallest absolute Gasteiger partial charge is 0.224 e. The van der Waals surface area contributed by atoms with E-state index in [0.29, 0.717) is 18.6 Å². The fourth-order valence-corrected chi connectivity index (χ4v) is 1.37. The summed E-state index contributed by atoms with van der Waals surface area (Å²) in [6, 6.07) is 4.24. The molecule has 0 aromatic heterocycles. The Labute approximate surface area is 100 Å². The molecule has 0 aliphatic heterocycles. The number of carbonyl (C=O) groups excluding carboxylic acids is 1. The van der Waals surface area contributed by atoms with Gasteiger partial charge in [-0.3, -0.25) is 4.79 Å². The van der Waals surface area contributed by atoms with Gasteiger partial charge in [0.2, 0.25) is 5.91 Å². The lowest BCUT2D eigenvalue weighted by Gasteiger charge is -2.08. The van der Waals surface area contributed by atoms with E-state index in [9.17, 15) is 9.18 Å². The molecular formula is C12H17FN2O2. The molecule has 94 valence electrons. The molecule has 17 heavy (non-hydrogen) atoms. The molecule has 1 aromatic carbocycles. The van der Waals surface area contributed by atoms with E-state index in [1.165, 1.54) is 25.3 Å². The Morgan fingerprint density at radius 2 is 2.24 bits per heavy atom. The molecule has 0 saturated carbocycles. The summed E-state index contributed by atoms with van der Waals surface area (Å²) in [6.45, 7) is 0.758. The topological polar surface area (TPSA) is 50.4 Å². The van der Waals surface area contributed by atoms with E-state index >= 15 is 0 Å². The highest BCUT2D eigenvalue weighted by Gasteiger charge is 2.07. The summed E-state index contributed by atoms with van der Waals surface area (Å²) in [4.78, 5) is 11.5. The predicted octanol–water partition coefficient (Wildman–Crippen LogP) is 1.77. The van der Waals surface area contributed by atoms with Gasteiger partial charge >= 0.3 is 0 Å². The summed E-state index contributed by atoms with van der Waals surface area (Å²) in [6.07, 6.45) is 1.07.